The molecule has 4 nitrogen and oxygen atoms in total. The van der Waals surface area contributed by atoms with Crippen LogP contribution < -0.4 is 5.32 Å². The molecule has 1 unspecified atom stereocenters. The van der Waals surface area contributed by atoms with Gasteiger partial charge in [0.15, 0.2) is 0 Å². The Bertz CT molecular complexity index is 390. The molecule has 3 N–H and O–H groups in total. The molecule has 100 valence electrons. The van der Waals surface area contributed by atoms with E-state index in [-0.39, 0.29) is 12.6 Å². The van der Waals surface area contributed by atoms with Gasteiger partial charge in [-0.1, -0.05) is 26.0 Å². The normalized spacial score (nSPS) is 12.7. The smallest absolute Gasteiger partial charge is 0.335 e. The monoisotopic (exact) mass is 251 g/mol. The molecule has 0 heterocycles. The number of benzene rings is 1. The van der Waals surface area contributed by atoms with Gasteiger partial charge < -0.3 is 15.5 Å². The average Bonchev–Trinajstić information content (AvgIpc) is 2.34. The van der Waals surface area contributed by atoms with Crippen LogP contribution in [0.2, 0.25) is 0 Å². The van der Waals surface area contributed by atoms with Crippen molar-refractivity contribution in [2.75, 3.05) is 6.61 Å². The summed E-state index contributed by atoms with van der Waals surface area (Å²) in [6, 6.07) is 7.14. The van der Waals surface area contributed by atoms with Crippen LogP contribution in [0.1, 0.15) is 36.2 Å². The Labute approximate surface area is 108 Å². The first-order chi connectivity index (χ1) is 8.54. The van der Waals surface area contributed by atoms with Gasteiger partial charge in [0.2, 0.25) is 0 Å². The fourth-order valence-electron chi connectivity index (χ4n) is 1.87. The van der Waals surface area contributed by atoms with E-state index in [9.17, 15) is 4.79 Å². The average molecular weight is 251 g/mol. The van der Waals surface area contributed by atoms with Crippen molar-refractivity contribution >= 4 is 5.97 Å². The van der Waals surface area contributed by atoms with Gasteiger partial charge in [-0.25, -0.2) is 4.79 Å². The lowest BCUT2D eigenvalue weighted by molar-refractivity contribution is 0.0696. The van der Waals surface area contributed by atoms with Crippen LogP contribution in [0.25, 0.3) is 0 Å². The van der Waals surface area contributed by atoms with Crippen molar-refractivity contribution in [3.8, 4) is 0 Å². The molecule has 0 aromatic heterocycles. The third-order valence-corrected chi connectivity index (χ3v) is 2.99. The largest absolute Gasteiger partial charge is 0.478 e. The van der Waals surface area contributed by atoms with E-state index in [0.29, 0.717) is 24.4 Å². The Hall–Kier alpha value is -1.39. The Morgan fingerprint density at radius 2 is 2.11 bits per heavy atom. The van der Waals surface area contributed by atoms with Gasteiger partial charge in [-0.2, -0.15) is 0 Å². The second-order valence-electron chi connectivity index (χ2n) is 4.75. The molecule has 0 aliphatic heterocycles. The number of carbonyl (C=O) groups is 1. The summed E-state index contributed by atoms with van der Waals surface area (Å²) < 4.78 is 0. The van der Waals surface area contributed by atoms with Crippen LogP contribution in [0.15, 0.2) is 24.3 Å². The molecule has 1 rings (SSSR count). The van der Waals surface area contributed by atoms with Crippen LogP contribution in [0.5, 0.6) is 0 Å². The van der Waals surface area contributed by atoms with Gasteiger partial charge >= 0.3 is 5.97 Å². The summed E-state index contributed by atoms with van der Waals surface area (Å²) in [6.45, 7) is 4.97. The molecule has 0 aliphatic rings. The maximum absolute atomic E-state index is 10.8. The topological polar surface area (TPSA) is 69.6 Å². The first kappa shape index (κ1) is 14.7. The molecule has 4 heteroatoms. The van der Waals surface area contributed by atoms with E-state index in [2.05, 4.69) is 19.2 Å². The van der Waals surface area contributed by atoms with Crippen molar-refractivity contribution in [2.45, 2.75) is 32.9 Å². The standard InChI is InChI=1S/C14H21NO3/c1-10(2)13(6-7-16)15-9-11-4-3-5-12(8-11)14(17)18/h3-5,8,10,13,15-16H,6-7,9H2,1-2H3,(H,17,18). The fraction of sp³-hybridized carbons (Fsp3) is 0.500. The minimum atomic E-state index is -0.910. The third kappa shape index (κ3) is 4.47. The van der Waals surface area contributed by atoms with Crippen molar-refractivity contribution in [3.05, 3.63) is 35.4 Å². The lowest BCUT2D eigenvalue weighted by Crippen LogP contribution is -2.34. The number of nitrogens with one attached hydrogen (secondary N) is 1. The van der Waals surface area contributed by atoms with Gasteiger partial charge in [0.05, 0.1) is 5.56 Å². The molecule has 0 radical (unpaired) electrons. The number of hydrogen-bond donors (Lipinski definition) is 3. The number of rotatable bonds is 7. The number of carboxylic acid groups (broad SMARTS) is 1. The van der Waals surface area contributed by atoms with E-state index >= 15 is 0 Å². The number of aliphatic hydroxyl groups is 1. The van der Waals surface area contributed by atoms with Crippen LogP contribution in [-0.4, -0.2) is 28.8 Å². The molecule has 0 fully saturated rings. The second kappa shape index (κ2) is 7.13. The fourth-order valence-corrected chi connectivity index (χ4v) is 1.87. The van der Waals surface area contributed by atoms with Gasteiger partial charge in [0.25, 0.3) is 0 Å². The van der Waals surface area contributed by atoms with Crippen molar-refractivity contribution in [3.63, 3.8) is 0 Å². The maximum atomic E-state index is 10.8. The minimum absolute atomic E-state index is 0.158. The highest BCUT2D eigenvalue weighted by Crippen LogP contribution is 2.09. The molecule has 18 heavy (non-hydrogen) atoms. The number of aromatic carboxylic acids is 1. The zero-order valence-corrected chi connectivity index (χ0v) is 10.9. The number of carboxylic acids is 1. The molecule has 0 spiro atoms. The lowest BCUT2D eigenvalue weighted by Gasteiger charge is -2.21. The van der Waals surface area contributed by atoms with Crippen LogP contribution >= 0.6 is 0 Å². The summed E-state index contributed by atoms with van der Waals surface area (Å²) in [5, 5.41) is 21.2. The maximum Gasteiger partial charge on any atom is 0.335 e. The molecular formula is C14H21NO3. The van der Waals surface area contributed by atoms with Gasteiger partial charge in [-0.15, -0.1) is 0 Å². The molecule has 1 aromatic rings. The first-order valence-corrected chi connectivity index (χ1v) is 6.21. The zero-order valence-electron chi connectivity index (χ0n) is 10.9. The van der Waals surface area contributed by atoms with Gasteiger partial charge in [0, 0.05) is 19.2 Å². The van der Waals surface area contributed by atoms with Crippen molar-refractivity contribution in [1.82, 2.24) is 5.32 Å². The van der Waals surface area contributed by atoms with E-state index in [1.165, 1.54) is 0 Å². The van der Waals surface area contributed by atoms with Crippen LogP contribution in [0.3, 0.4) is 0 Å². The van der Waals surface area contributed by atoms with Crippen LogP contribution in [0.4, 0.5) is 0 Å². The summed E-state index contributed by atoms with van der Waals surface area (Å²) in [7, 11) is 0. The SMILES string of the molecule is CC(C)C(CCO)NCc1cccc(C(=O)O)c1. The van der Waals surface area contributed by atoms with Crippen molar-refractivity contribution in [1.29, 1.82) is 0 Å². The van der Waals surface area contributed by atoms with Crippen molar-refractivity contribution < 1.29 is 15.0 Å². The van der Waals surface area contributed by atoms with Crippen LogP contribution in [0, 0.1) is 5.92 Å². The van der Waals surface area contributed by atoms with E-state index in [4.69, 9.17) is 10.2 Å². The molecule has 0 saturated heterocycles. The van der Waals surface area contributed by atoms with E-state index in [1.54, 1.807) is 18.2 Å². The highest BCUT2D eigenvalue weighted by molar-refractivity contribution is 5.87. The summed E-state index contributed by atoms with van der Waals surface area (Å²) in [4.78, 5) is 10.8. The zero-order chi connectivity index (χ0) is 13.5. The Kier molecular flexibility index (Phi) is 5.82. The Balaban J connectivity index is 2.61. The molecule has 0 saturated carbocycles. The van der Waals surface area contributed by atoms with Crippen LogP contribution in [-0.2, 0) is 6.54 Å². The highest BCUT2D eigenvalue weighted by atomic mass is 16.4. The van der Waals surface area contributed by atoms with Gasteiger partial charge in [-0.05, 0) is 30.0 Å². The van der Waals surface area contributed by atoms with Gasteiger partial charge in [-0.3, -0.25) is 0 Å². The first-order valence-electron chi connectivity index (χ1n) is 6.21. The number of aliphatic hydroxyl groups excluding tert-OH is 1. The highest BCUT2D eigenvalue weighted by Gasteiger charge is 2.12. The molecule has 1 atom stereocenters. The Morgan fingerprint density at radius 3 is 2.67 bits per heavy atom. The molecule has 1 aromatic carbocycles. The lowest BCUT2D eigenvalue weighted by atomic mass is 10.0. The molecule has 0 aliphatic carbocycles. The van der Waals surface area contributed by atoms with Gasteiger partial charge in [0.1, 0.15) is 0 Å². The Morgan fingerprint density at radius 1 is 1.39 bits per heavy atom. The summed E-state index contributed by atoms with van der Waals surface area (Å²) in [6.07, 6.45) is 0.705. The van der Waals surface area contributed by atoms with E-state index in [1.807, 2.05) is 6.07 Å². The molecule has 0 bridgehead atoms. The summed E-state index contributed by atoms with van der Waals surface area (Å²) in [5.74, 6) is -0.479. The van der Waals surface area contributed by atoms with E-state index < -0.39 is 5.97 Å². The predicted octanol–water partition coefficient (Wildman–Crippen LogP) is 1.88. The quantitative estimate of drug-likeness (QED) is 0.692. The van der Waals surface area contributed by atoms with E-state index in [0.717, 1.165) is 5.56 Å². The summed E-state index contributed by atoms with van der Waals surface area (Å²) >= 11 is 0. The van der Waals surface area contributed by atoms with Crippen molar-refractivity contribution in [2.24, 2.45) is 5.92 Å². The summed E-state index contributed by atoms with van der Waals surface area (Å²) in [5.41, 5.74) is 1.25. The number of hydrogen-bond acceptors (Lipinski definition) is 3. The second-order valence-corrected chi connectivity index (χ2v) is 4.75. The molecule has 0 amide bonds. The molecular weight excluding hydrogens is 230 g/mol. The minimum Gasteiger partial charge on any atom is -0.478 e. The predicted molar refractivity (Wildman–Crippen MR) is 70.6 cm³/mol. The third-order valence-electron chi connectivity index (χ3n) is 2.99.